The molecular formula is C13H11ClN4O4S. The second-order valence-electron chi connectivity index (χ2n) is 4.94. The zero-order chi connectivity index (χ0) is 16.4. The summed E-state index contributed by atoms with van der Waals surface area (Å²) < 4.78 is 5.42. The zero-order valence-electron chi connectivity index (χ0n) is 11.7. The average molecular weight is 355 g/mol. The number of halogens is 1. The molecule has 1 saturated carbocycles. The molecule has 2 aromatic rings. The van der Waals surface area contributed by atoms with Gasteiger partial charge in [-0.1, -0.05) is 23.4 Å². The summed E-state index contributed by atoms with van der Waals surface area (Å²) in [5.74, 6) is 0.514. The summed E-state index contributed by atoms with van der Waals surface area (Å²) in [7, 11) is 0. The molecule has 1 aromatic carbocycles. The lowest BCUT2D eigenvalue weighted by Crippen LogP contribution is -2.15. The van der Waals surface area contributed by atoms with Gasteiger partial charge in [-0.05, 0) is 25.0 Å². The van der Waals surface area contributed by atoms with Crippen molar-refractivity contribution in [3.8, 4) is 0 Å². The number of nitro groups is 1. The molecule has 0 bridgehead atoms. The first-order chi connectivity index (χ1) is 11.0. The smallest absolute Gasteiger partial charge is 0.292 e. The van der Waals surface area contributed by atoms with Crippen LogP contribution in [0.4, 0.5) is 11.4 Å². The molecule has 120 valence electrons. The first-order valence-electron chi connectivity index (χ1n) is 6.73. The third-order valence-corrected chi connectivity index (χ3v) is 4.16. The lowest BCUT2D eigenvalue weighted by molar-refractivity contribution is -0.383. The first-order valence-corrected chi connectivity index (χ1v) is 8.09. The Morgan fingerprint density at radius 3 is 2.96 bits per heavy atom. The Morgan fingerprint density at radius 2 is 2.26 bits per heavy atom. The van der Waals surface area contributed by atoms with Crippen LogP contribution in [-0.4, -0.2) is 26.8 Å². The Bertz CT molecular complexity index is 762. The van der Waals surface area contributed by atoms with Crippen LogP contribution in [0.25, 0.3) is 0 Å². The van der Waals surface area contributed by atoms with E-state index in [1.165, 1.54) is 18.2 Å². The largest absolute Gasteiger partial charge is 0.416 e. The van der Waals surface area contributed by atoms with Gasteiger partial charge in [-0.2, -0.15) is 0 Å². The van der Waals surface area contributed by atoms with Crippen molar-refractivity contribution >= 4 is 40.6 Å². The van der Waals surface area contributed by atoms with Gasteiger partial charge in [0.2, 0.25) is 11.8 Å². The number of thioether (sulfide) groups is 1. The molecule has 10 heteroatoms. The van der Waals surface area contributed by atoms with Crippen molar-refractivity contribution < 1.29 is 14.1 Å². The lowest BCUT2D eigenvalue weighted by Gasteiger charge is -2.05. The van der Waals surface area contributed by atoms with E-state index in [2.05, 4.69) is 15.5 Å². The fraction of sp³-hybridized carbons (Fsp3) is 0.308. The second kappa shape index (κ2) is 6.55. The molecule has 1 fully saturated rings. The van der Waals surface area contributed by atoms with E-state index in [1.807, 2.05) is 0 Å². The van der Waals surface area contributed by atoms with Gasteiger partial charge < -0.3 is 9.73 Å². The molecule has 1 aliphatic carbocycles. The minimum atomic E-state index is -0.584. The average Bonchev–Trinajstić information content (AvgIpc) is 3.24. The van der Waals surface area contributed by atoms with Crippen LogP contribution in [0.1, 0.15) is 24.7 Å². The Labute approximate surface area is 139 Å². The van der Waals surface area contributed by atoms with Crippen LogP contribution in [-0.2, 0) is 4.79 Å². The van der Waals surface area contributed by atoms with Crippen molar-refractivity contribution in [1.29, 1.82) is 0 Å². The molecular weight excluding hydrogens is 344 g/mol. The highest BCUT2D eigenvalue weighted by atomic mass is 35.5. The van der Waals surface area contributed by atoms with Gasteiger partial charge in [-0.3, -0.25) is 14.9 Å². The Hall–Kier alpha value is -2.13. The normalized spacial score (nSPS) is 13.8. The number of nitrogens with one attached hydrogen (secondary N) is 1. The van der Waals surface area contributed by atoms with Gasteiger partial charge in [0, 0.05) is 17.0 Å². The van der Waals surface area contributed by atoms with E-state index in [0.29, 0.717) is 22.1 Å². The SMILES string of the molecule is O=C(CSc1nnc(C2CC2)o1)Nc1cc(Cl)ccc1[N+](=O)[O-]. The number of hydrogen-bond donors (Lipinski definition) is 1. The quantitative estimate of drug-likeness (QED) is 0.481. The van der Waals surface area contributed by atoms with Crippen molar-refractivity contribution in [3.05, 3.63) is 39.2 Å². The van der Waals surface area contributed by atoms with Crippen molar-refractivity contribution in [2.24, 2.45) is 0 Å². The summed E-state index contributed by atoms with van der Waals surface area (Å²) in [5.41, 5.74) is -0.168. The number of carbonyl (C=O) groups is 1. The molecule has 1 aromatic heterocycles. The fourth-order valence-corrected chi connectivity index (χ4v) is 2.60. The Kier molecular flexibility index (Phi) is 4.49. The molecule has 0 unspecified atom stereocenters. The maximum atomic E-state index is 11.9. The maximum Gasteiger partial charge on any atom is 0.292 e. The van der Waals surface area contributed by atoms with Crippen LogP contribution in [0.5, 0.6) is 0 Å². The predicted molar refractivity (Wildman–Crippen MR) is 83.7 cm³/mol. The third kappa shape index (κ3) is 3.99. The number of benzene rings is 1. The molecule has 23 heavy (non-hydrogen) atoms. The monoisotopic (exact) mass is 354 g/mol. The van der Waals surface area contributed by atoms with Gasteiger partial charge in [0.1, 0.15) is 5.69 Å². The number of nitro benzene ring substituents is 1. The molecule has 0 spiro atoms. The number of rotatable bonds is 6. The van der Waals surface area contributed by atoms with Crippen LogP contribution < -0.4 is 5.32 Å². The van der Waals surface area contributed by atoms with Gasteiger partial charge >= 0.3 is 0 Å². The van der Waals surface area contributed by atoms with Gasteiger partial charge in [0.05, 0.1) is 10.7 Å². The summed E-state index contributed by atoms with van der Waals surface area (Å²) in [6, 6.07) is 3.97. The van der Waals surface area contributed by atoms with Crippen molar-refractivity contribution in [2.45, 2.75) is 24.0 Å². The topological polar surface area (TPSA) is 111 Å². The van der Waals surface area contributed by atoms with E-state index in [9.17, 15) is 14.9 Å². The number of amides is 1. The van der Waals surface area contributed by atoms with E-state index in [-0.39, 0.29) is 17.1 Å². The van der Waals surface area contributed by atoms with Crippen molar-refractivity contribution in [1.82, 2.24) is 10.2 Å². The number of carbonyl (C=O) groups excluding carboxylic acids is 1. The fourth-order valence-electron chi connectivity index (χ4n) is 1.86. The van der Waals surface area contributed by atoms with Gasteiger partial charge in [-0.15, -0.1) is 10.2 Å². The second-order valence-corrected chi connectivity index (χ2v) is 6.30. The van der Waals surface area contributed by atoms with E-state index in [4.69, 9.17) is 16.0 Å². The summed E-state index contributed by atoms with van der Waals surface area (Å²) >= 11 is 6.88. The number of aromatic nitrogens is 2. The number of nitrogens with zero attached hydrogens (tertiary/aromatic N) is 3. The summed E-state index contributed by atoms with van der Waals surface area (Å²) in [4.78, 5) is 22.3. The third-order valence-electron chi connectivity index (χ3n) is 3.10. The molecule has 0 aliphatic heterocycles. The van der Waals surface area contributed by atoms with Gasteiger partial charge in [0.25, 0.3) is 10.9 Å². The highest BCUT2D eigenvalue weighted by molar-refractivity contribution is 7.99. The van der Waals surface area contributed by atoms with Crippen molar-refractivity contribution in [3.63, 3.8) is 0 Å². The van der Waals surface area contributed by atoms with Crippen molar-refractivity contribution in [2.75, 3.05) is 11.1 Å². The Balaban J connectivity index is 1.60. The highest BCUT2D eigenvalue weighted by Gasteiger charge is 2.29. The summed E-state index contributed by atoms with van der Waals surface area (Å²) in [5, 5.41) is 21.8. The molecule has 0 atom stereocenters. The molecule has 0 radical (unpaired) electrons. The van der Waals surface area contributed by atoms with E-state index < -0.39 is 10.8 Å². The number of hydrogen-bond acceptors (Lipinski definition) is 7. The van der Waals surface area contributed by atoms with Gasteiger partial charge in [-0.25, -0.2) is 0 Å². The minimum Gasteiger partial charge on any atom is -0.416 e. The first kappa shape index (κ1) is 15.8. The molecule has 1 N–H and O–H groups in total. The Morgan fingerprint density at radius 1 is 1.48 bits per heavy atom. The van der Waals surface area contributed by atoms with Gasteiger partial charge in [0.15, 0.2) is 0 Å². The summed E-state index contributed by atoms with van der Waals surface area (Å²) in [6.07, 6.45) is 2.09. The van der Waals surface area contributed by atoms with Crippen LogP contribution in [0.2, 0.25) is 5.02 Å². The molecule has 8 nitrogen and oxygen atoms in total. The molecule has 1 amide bonds. The zero-order valence-corrected chi connectivity index (χ0v) is 13.3. The van der Waals surface area contributed by atoms with Crippen LogP contribution in [0.3, 0.4) is 0 Å². The maximum absolute atomic E-state index is 11.9. The van der Waals surface area contributed by atoms with E-state index >= 15 is 0 Å². The molecule has 0 saturated heterocycles. The minimum absolute atomic E-state index is 0.00400. The lowest BCUT2D eigenvalue weighted by atomic mass is 10.2. The standard InChI is InChI=1S/C13H11ClN4O4S/c14-8-3-4-10(18(20)21)9(5-8)15-11(19)6-23-13-17-16-12(22-13)7-1-2-7/h3-5,7H,1-2,6H2,(H,15,19). The predicted octanol–water partition coefficient (Wildman–Crippen LogP) is 3.24. The molecule has 1 heterocycles. The summed E-state index contributed by atoms with van der Waals surface area (Å²) in [6.45, 7) is 0. The van der Waals surface area contributed by atoms with Crippen LogP contribution >= 0.6 is 23.4 Å². The number of anilines is 1. The highest BCUT2D eigenvalue weighted by Crippen LogP contribution is 2.39. The molecule has 3 rings (SSSR count). The van der Waals surface area contributed by atoms with Crippen LogP contribution in [0.15, 0.2) is 27.8 Å². The van der Waals surface area contributed by atoms with Crippen LogP contribution in [0, 0.1) is 10.1 Å². The van der Waals surface area contributed by atoms with E-state index in [0.717, 1.165) is 24.6 Å². The molecule has 1 aliphatic rings. The van der Waals surface area contributed by atoms with E-state index in [1.54, 1.807) is 0 Å².